The maximum atomic E-state index is 11.2. The fourth-order valence-corrected chi connectivity index (χ4v) is 1.58. The van der Waals surface area contributed by atoms with Crippen LogP contribution in [0, 0.1) is 18.3 Å². The third-order valence-corrected chi connectivity index (χ3v) is 2.60. The highest BCUT2D eigenvalue weighted by atomic mass is 16.5. The molecule has 1 rings (SSSR count). The second-order valence-corrected chi connectivity index (χ2v) is 3.44. The lowest BCUT2D eigenvalue weighted by molar-refractivity contribution is -0.139. The van der Waals surface area contributed by atoms with Gasteiger partial charge in [0, 0.05) is 6.54 Å². The van der Waals surface area contributed by atoms with Crippen molar-refractivity contribution in [2.75, 3.05) is 7.11 Å². The number of methoxy groups -OCH3 is 1. The predicted octanol–water partition coefficient (Wildman–Crippen LogP) is 1.04. The Hall–Kier alpha value is -1.86. The molecule has 2 N–H and O–H groups in total. The lowest BCUT2D eigenvalue weighted by Gasteiger charge is -2.11. The average Bonchev–Trinajstić information content (AvgIpc) is 2.31. The van der Waals surface area contributed by atoms with E-state index >= 15 is 0 Å². The van der Waals surface area contributed by atoms with Gasteiger partial charge in [0.25, 0.3) is 0 Å². The molecular weight excluding hydrogens is 204 g/mol. The van der Waals surface area contributed by atoms with E-state index in [1.807, 2.05) is 13.0 Å². The molecule has 0 aliphatic carbocycles. The summed E-state index contributed by atoms with van der Waals surface area (Å²) in [5, 5.41) is 8.96. The fraction of sp³-hybridized carbons (Fsp3) is 0.333. The van der Waals surface area contributed by atoms with Crippen molar-refractivity contribution in [3.63, 3.8) is 0 Å². The average molecular weight is 218 g/mol. The number of ether oxygens (including phenoxy) is 1. The molecule has 0 aliphatic rings. The van der Waals surface area contributed by atoms with Crippen LogP contribution in [0.5, 0.6) is 0 Å². The van der Waals surface area contributed by atoms with Crippen LogP contribution in [0.1, 0.15) is 22.3 Å². The van der Waals surface area contributed by atoms with E-state index in [9.17, 15) is 4.79 Å². The number of esters is 1. The first-order chi connectivity index (χ1) is 7.63. The van der Waals surface area contributed by atoms with Gasteiger partial charge in [0.2, 0.25) is 0 Å². The summed E-state index contributed by atoms with van der Waals surface area (Å²) in [6, 6.07) is 5.57. The lowest BCUT2D eigenvalue weighted by Crippen LogP contribution is -2.10. The fourth-order valence-electron chi connectivity index (χ4n) is 1.58. The van der Waals surface area contributed by atoms with Crippen molar-refractivity contribution in [2.45, 2.75) is 19.9 Å². The summed E-state index contributed by atoms with van der Waals surface area (Å²) in [5.41, 5.74) is 8.62. The zero-order valence-electron chi connectivity index (χ0n) is 9.41. The molecule has 0 unspecified atom stereocenters. The Morgan fingerprint density at radius 3 is 2.75 bits per heavy atom. The van der Waals surface area contributed by atoms with Crippen LogP contribution in [0.3, 0.4) is 0 Å². The van der Waals surface area contributed by atoms with Crippen molar-refractivity contribution < 1.29 is 9.53 Å². The van der Waals surface area contributed by atoms with Crippen molar-refractivity contribution in [3.8, 4) is 6.07 Å². The van der Waals surface area contributed by atoms with Crippen LogP contribution in [0.2, 0.25) is 0 Å². The van der Waals surface area contributed by atoms with Gasteiger partial charge in [-0.05, 0) is 29.7 Å². The van der Waals surface area contributed by atoms with Crippen molar-refractivity contribution >= 4 is 5.97 Å². The highest BCUT2D eigenvalue weighted by Crippen LogP contribution is 2.19. The molecule has 0 saturated carbocycles. The Balaban J connectivity index is 3.22. The molecule has 16 heavy (non-hydrogen) atoms. The van der Waals surface area contributed by atoms with E-state index in [-0.39, 0.29) is 12.4 Å². The molecule has 0 aliphatic heterocycles. The summed E-state index contributed by atoms with van der Waals surface area (Å²) in [7, 11) is 1.33. The van der Waals surface area contributed by atoms with Gasteiger partial charge in [-0.25, -0.2) is 0 Å². The minimum absolute atomic E-state index is 0.110. The Labute approximate surface area is 94.6 Å². The maximum Gasteiger partial charge on any atom is 0.310 e. The number of nitriles is 1. The normalized spacial score (nSPS) is 9.62. The molecule has 4 heteroatoms. The molecule has 4 nitrogen and oxygen atoms in total. The lowest BCUT2D eigenvalue weighted by atomic mass is 9.95. The molecule has 0 spiro atoms. The third-order valence-electron chi connectivity index (χ3n) is 2.60. The highest BCUT2D eigenvalue weighted by Gasteiger charge is 2.13. The van der Waals surface area contributed by atoms with Gasteiger partial charge in [0.05, 0.1) is 25.2 Å². The van der Waals surface area contributed by atoms with E-state index in [0.29, 0.717) is 17.7 Å². The van der Waals surface area contributed by atoms with Crippen molar-refractivity contribution in [3.05, 3.63) is 34.4 Å². The molecule has 0 radical (unpaired) electrons. The van der Waals surface area contributed by atoms with Crippen LogP contribution >= 0.6 is 0 Å². The van der Waals surface area contributed by atoms with Gasteiger partial charge in [-0.3, -0.25) is 4.79 Å². The zero-order valence-corrected chi connectivity index (χ0v) is 9.41. The maximum absolute atomic E-state index is 11.2. The summed E-state index contributed by atoms with van der Waals surface area (Å²) < 4.78 is 4.60. The topological polar surface area (TPSA) is 76.1 Å². The smallest absolute Gasteiger partial charge is 0.310 e. The molecular formula is C12H14N2O2. The van der Waals surface area contributed by atoms with E-state index in [1.165, 1.54) is 7.11 Å². The second-order valence-electron chi connectivity index (χ2n) is 3.44. The zero-order chi connectivity index (χ0) is 12.1. The van der Waals surface area contributed by atoms with Crippen molar-refractivity contribution in [1.82, 2.24) is 0 Å². The highest BCUT2D eigenvalue weighted by molar-refractivity contribution is 5.74. The summed E-state index contributed by atoms with van der Waals surface area (Å²) in [6.07, 6.45) is 0.110. The van der Waals surface area contributed by atoms with Crippen LogP contribution in [0.4, 0.5) is 0 Å². The molecule has 1 aromatic carbocycles. The molecule has 0 aromatic heterocycles. The second kappa shape index (κ2) is 5.29. The summed E-state index contributed by atoms with van der Waals surface area (Å²) >= 11 is 0. The summed E-state index contributed by atoms with van der Waals surface area (Å²) in [5.74, 6) is -0.353. The van der Waals surface area contributed by atoms with Crippen LogP contribution < -0.4 is 5.73 Å². The number of benzene rings is 1. The number of hydrogen-bond donors (Lipinski definition) is 1. The Morgan fingerprint density at radius 2 is 2.25 bits per heavy atom. The predicted molar refractivity (Wildman–Crippen MR) is 59.5 cm³/mol. The molecule has 0 amide bonds. The van der Waals surface area contributed by atoms with Gasteiger partial charge < -0.3 is 10.5 Å². The number of nitrogens with zero attached hydrogens (tertiary/aromatic N) is 1. The largest absolute Gasteiger partial charge is 0.469 e. The molecule has 0 heterocycles. The number of nitrogens with two attached hydrogens (primary N) is 1. The molecule has 0 saturated heterocycles. The number of carbonyl (C=O) groups excluding carboxylic acids is 1. The summed E-state index contributed by atoms with van der Waals surface area (Å²) in [6.45, 7) is 2.26. The molecule has 0 fully saturated rings. The quantitative estimate of drug-likeness (QED) is 0.769. The first kappa shape index (κ1) is 12.2. The first-order valence-corrected chi connectivity index (χ1v) is 4.92. The molecule has 1 aromatic rings. The van der Waals surface area contributed by atoms with Crippen LogP contribution in [0.25, 0.3) is 0 Å². The minimum atomic E-state index is -0.353. The van der Waals surface area contributed by atoms with Crippen LogP contribution in [-0.4, -0.2) is 13.1 Å². The molecule has 84 valence electrons. The van der Waals surface area contributed by atoms with E-state index in [0.717, 1.165) is 11.1 Å². The number of rotatable bonds is 3. The van der Waals surface area contributed by atoms with E-state index < -0.39 is 0 Å². The first-order valence-electron chi connectivity index (χ1n) is 4.92. The van der Waals surface area contributed by atoms with E-state index in [1.54, 1.807) is 6.07 Å². The van der Waals surface area contributed by atoms with Crippen LogP contribution in [-0.2, 0) is 22.5 Å². The standard InChI is InChI=1S/C12H14N2O2/c1-8-9(6-13)3-4-10(7-14)11(8)5-12(15)16-2/h3-4H,5-6,13H2,1-2H3. The van der Waals surface area contributed by atoms with Gasteiger partial charge in [0.15, 0.2) is 0 Å². The Kier molecular flexibility index (Phi) is 4.03. The third kappa shape index (κ3) is 2.38. The van der Waals surface area contributed by atoms with Crippen molar-refractivity contribution in [2.24, 2.45) is 5.73 Å². The number of hydrogen-bond acceptors (Lipinski definition) is 4. The Morgan fingerprint density at radius 1 is 1.56 bits per heavy atom. The van der Waals surface area contributed by atoms with E-state index in [4.69, 9.17) is 11.0 Å². The number of carbonyl (C=O) groups is 1. The summed E-state index contributed by atoms with van der Waals surface area (Å²) in [4.78, 5) is 11.2. The Bertz CT molecular complexity index is 447. The molecule has 0 atom stereocenters. The minimum Gasteiger partial charge on any atom is -0.469 e. The van der Waals surface area contributed by atoms with Gasteiger partial charge in [-0.15, -0.1) is 0 Å². The van der Waals surface area contributed by atoms with Crippen molar-refractivity contribution in [1.29, 1.82) is 5.26 Å². The SMILES string of the molecule is COC(=O)Cc1c(C#N)ccc(CN)c1C. The van der Waals surface area contributed by atoms with Gasteiger partial charge in [-0.1, -0.05) is 6.07 Å². The monoisotopic (exact) mass is 218 g/mol. The van der Waals surface area contributed by atoms with Gasteiger partial charge in [-0.2, -0.15) is 5.26 Å². The van der Waals surface area contributed by atoms with Gasteiger partial charge >= 0.3 is 5.97 Å². The van der Waals surface area contributed by atoms with Crippen LogP contribution in [0.15, 0.2) is 12.1 Å². The van der Waals surface area contributed by atoms with E-state index in [2.05, 4.69) is 10.8 Å². The molecule has 0 bridgehead atoms. The van der Waals surface area contributed by atoms with Gasteiger partial charge in [0.1, 0.15) is 0 Å².